The second-order valence-electron chi connectivity index (χ2n) is 8.05. The van der Waals surface area contributed by atoms with Crippen LogP contribution in [0.25, 0.3) is 11.3 Å². The van der Waals surface area contributed by atoms with Crippen molar-refractivity contribution in [2.45, 2.75) is 31.2 Å². The summed E-state index contributed by atoms with van der Waals surface area (Å²) in [5.74, 6) is -0.328. The molecular formula is C26H25N3O3S2. The molecule has 1 amide bonds. The molecule has 3 aromatic carbocycles. The highest BCUT2D eigenvalue weighted by molar-refractivity contribution is 7.89. The van der Waals surface area contributed by atoms with Crippen LogP contribution in [-0.2, 0) is 14.8 Å². The maximum absolute atomic E-state index is 13.0. The number of nitrogens with zero attached hydrogens (tertiary/aromatic N) is 1. The Morgan fingerprint density at radius 3 is 2.18 bits per heavy atom. The summed E-state index contributed by atoms with van der Waals surface area (Å²) < 4.78 is 28.7. The van der Waals surface area contributed by atoms with Crippen LogP contribution in [0.1, 0.15) is 29.2 Å². The van der Waals surface area contributed by atoms with Gasteiger partial charge in [-0.1, -0.05) is 77.9 Å². The van der Waals surface area contributed by atoms with Gasteiger partial charge in [-0.25, -0.2) is 18.1 Å². The average molecular weight is 492 g/mol. The summed E-state index contributed by atoms with van der Waals surface area (Å²) in [6.07, 6.45) is -0.0749. The largest absolute Gasteiger partial charge is 0.302 e. The van der Waals surface area contributed by atoms with Gasteiger partial charge in [-0.2, -0.15) is 0 Å². The van der Waals surface area contributed by atoms with Crippen LogP contribution in [0.3, 0.4) is 0 Å². The molecule has 1 atom stereocenters. The van der Waals surface area contributed by atoms with Crippen LogP contribution < -0.4 is 10.0 Å². The molecular weight excluding hydrogens is 466 g/mol. The number of nitrogens with one attached hydrogen (secondary N) is 2. The lowest BCUT2D eigenvalue weighted by molar-refractivity contribution is -0.116. The van der Waals surface area contributed by atoms with Crippen molar-refractivity contribution in [1.29, 1.82) is 0 Å². The van der Waals surface area contributed by atoms with Gasteiger partial charge in [0.05, 0.1) is 16.6 Å². The second kappa shape index (κ2) is 10.3. The van der Waals surface area contributed by atoms with Crippen molar-refractivity contribution in [1.82, 2.24) is 9.71 Å². The Bertz CT molecular complexity index is 1370. The first kappa shape index (κ1) is 23.8. The standard InChI is InChI=1S/C26H25N3O3S2/c1-18-8-12-21(13-9-18)24-17-33-26(27-24)28-25(30)16-23(20-6-4-3-5-7-20)29-34(31,32)22-14-10-19(2)11-15-22/h3-15,17,23,29H,16H2,1-2H3,(H,27,28,30)/t23-/m0/s1. The molecule has 0 aliphatic carbocycles. The summed E-state index contributed by atoms with van der Waals surface area (Å²) >= 11 is 1.33. The molecule has 0 aliphatic rings. The molecule has 4 aromatic rings. The summed E-state index contributed by atoms with van der Waals surface area (Å²) in [5, 5.41) is 5.16. The highest BCUT2D eigenvalue weighted by Gasteiger charge is 2.24. The van der Waals surface area contributed by atoms with E-state index in [1.807, 2.05) is 61.7 Å². The highest BCUT2D eigenvalue weighted by Crippen LogP contribution is 2.26. The number of amides is 1. The van der Waals surface area contributed by atoms with Gasteiger partial charge in [0.15, 0.2) is 5.13 Å². The monoisotopic (exact) mass is 491 g/mol. The predicted molar refractivity (Wildman–Crippen MR) is 136 cm³/mol. The van der Waals surface area contributed by atoms with Crippen LogP contribution >= 0.6 is 11.3 Å². The van der Waals surface area contributed by atoms with E-state index in [4.69, 9.17) is 0 Å². The fourth-order valence-corrected chi connectivity index (χ4v) is 5.39. The molecule has 1 heterocycles. The van der Waals surface area contributed by atoms with Crippen molar-refractivity contribution in [2.24, 2.45) is 0 Å². The van der Waals surface area contributed by atoms with E-state index >= 15 is 0 Å². The number of sulfonamides is 1. The molecule has 0 saturated heterocycles. The summed E-state index contributed by atoms with van der Waals surface area (Å²) in [4.78, 5) is 17.5. The van der Waals surface area contributed by atoms with Gasteiger partial charge in [0.2, 0.25) is 15.9 Å². The zero-order valence-electron chi connectivity index (χ0n) is 18.9. The van der Waals surface area contributed by atoms with Crippen LogP contribution in [0.5, 0.6) is 0 Å². The summed E-state index contributed by atoms with van der Waals surface area (Å²) in [5.41, 5.74) is 4.57. The highest BCUT2D eigenvalue weighted by atomic mass is 32.2. The predicted octanol–water partition coefficient (Wildman–Crippen LogP) is 5.48. The Morgan fingerprint density at radius 2 is 1.53 bits per heavy atom. The van der Waals surface area contributed by atoms with Crippen LogP contribution in [-0.4, -0.2) is 19.3 Å². The topological polar surface area (TPSA) is 88.2 Å². The van der Waals surface area contributed by atoms with Gasteiger partial charge >= 0.3 is 0 Å². The first-order valence-corrected chi connectivity index (χ1v) is 13.1. The van der Waals surface area contributed by atoms with Crippen LogP contribution in [0.15, 0.2) is 89.1 Å². The van der Waals surface area contributed by atoms with E-state index < -0.39 is 16.1 Å². The minimum absolute atomic E-state index is 0.0749. The smallest absolute Gasteiger partial charge is 0.241 e. The molecule has 0 spiro atoms. The Morgan fingerprint density at radius 1 is 0.912 bits per heavy atom. The number of hydrogen-bond acceptors (Lipinski definition) is 5. The van der Waals surface area contributed by atoms with Crippen molar-refractivity contribution in [3.63, 3.8) is 0 Å². The Labute approximate surface area is 203 Å². The third-order valence-corrected chi connectivity index (χ3v) is 7.56. The number of aryl methyl sites for hydroxylation is 2. The number of carbonyl (C=O) groups is 1. The molecule has 0 radical (unpaired) electrons. The quantitative estimate of drug-likeness (QED) is 0.342. The first-order valence-electron chi connectivity index (χ1n) is 10.8. The van der Waals surface area contributed by atoms with Gasteiger partial charge < -0.3 is 5.32 Å². The molecule has 0 bridgehead atoms. The molecule has 6 nitrogen and oxygen atoms in total. The van der Waals surface area contributed by atoms with E-state index in [1.165, 1.54) is 11.3 Å². The number of anilines is 1. The lowest BCUT2D eigenvalue weighted by atomic mass is 10.0. The number of benzene rings is 3. The minimum Gasteiger partial charge on any atom is -0.302 e. The summed E-state index contributed by atoms with van der Waals surface area (Å²) in [7, 11) is -3.82. The number of carbonyl (C=O) groups excluding carboxylic acids is 1. The van der Waals surface area contributed by atoms with E-state index in [9.17, 15) is 13.2 Å². The summed E-state index contributed by atoms with van der Waals surface area (Å²) in [6, 6.07) is 22.9. The van der Waals surface area contributed by atoms with Crippen molar-refractivity contribution in [2.75, 3.05) is 5.32 Å². The lowest BCUT2D eigenvalue weighted by Gasteiger charge is -2.19. The van der Waals surface area contributed by atoms with Crippen molar-refractivity contribution >= 4 is 32.4 Å². The van der Waals surface area contributed by atoms with E-state index in [0.717, 1.165) is 22.4 Å². The molecule has 0 unspecified atom stereocenters. The van der Waals surface area contributed by atoms with E-state index in [0.29, 0.717) is 10.7 Å². The number of hydrogen-bond donors (Lipinski definition) is 2. The van der Waals surface area contributed by atoms with E-state index in [1.54, 1.807) is 36.4 Å². The second-order valence-corrected chi connectivity index (χ2v) is 10.6. The van der Waals surface area contributed by atoms with Gasteiger partial charge in [-0.05, 0) is 31.5 Å². The fourth-order valence-electron chi connectivity index (χ4n) is 3.43. The normalized spacial score (nSPS) is 12.3. The van der Waals surface area contributed by atoms with Crippen molar-refractivity contribution < 1.29 is 13.2 Å². The van der Waals surface area contributed by atoms with Crippen molar-refractivity contribution in [3.05, 3.63) is 101 Å². The molecule has 34 heavy (non-hydrogen) atoms. The Hall–Kier alpha value is -3.33. The number of aromatic nitrogens is 1. The van der Waals surface area contributed by atoms with E-state index in [-0.39, 0.29) is 17.2 Å². The van der Waals surface area contributed by atoms with Gasteiger partial charge in [0, 0.05) is 17.4 Å². The van der Waals surface area contributed by atoms with E-state index in [2.05, 4.69) is 15.0 Å². The molecule has 1 aromatic heterocycles. The molecule has 2 N–H and O–H groups in total. The average Bonchev–Trinajstić information content (AvgIpc) is 3.28. The fraction of sp³-hybridized carbons (Fsp3) is 0.154. The molecule has 4 rings (SSSR count). The van der Waals surface area contributed by atoms with Gasteiger partial charge in [-0.15, -0.1) is 11.3 Å². The number of thiazole rings is 1. The lowest BCUT2D eigenvalue weighted by Crippen LogP contribution is -2.31. The van der Waals surface area contributed by atoms with Gasteiger partial charge in [0.1, 0.15) is 0 Å². The number of rotatable bonds is 8. The van der Waals surface area contributed by atoms with Crippen LogP contribution in [0.4, 0.5) is 5.13 Å². The minimum atomic E-state index is -3.82. The molecule has 0 fully saturated rings. The zero-order valence-corrected chi connectivity index (χ0v) is 20.5. The summed E-state index contributed by atoms with van der Waals surface area (Å²) in [6.45, 7) is 3.91. The molecule has 0 aliphatic heterocycles. The van der Waals surface area contributed by atoms with Crippen molar-refractivity contribution in [3.8, 4) is 11.3 Å². The third-order valence-electron chi connectivity index (χ3n) is 5.32. The third kappa shape index (κ3) is 5.96. The Kier molecular flexibility index (Phi) is 7.21. The Balaban J connectivity index is 1.50. The van der Waals surface area contributed by atoms with Gasteiger partial charge in [0.25, 0.3) is 0 Å². The molecule has 174 valence electrons. The molecule has 8 heteroatoms. The first-order chi connectivity index (χ1) is 16.3. The zero-order chi connectivity index (χ0) is 24.1. The maximum Gasteiger partial charge on any atom is 0.241 e. The van der Waals surface area contributed by atoms with Crippen LogP contribution in [0.2, 0.25) is 0 Å². The maximum atomic E-state index is 13.0. The van der Waals surface area contributed by atoms with Crippen LogP contribution in [0, 0.1) is 13.8 Å². The SMILES string of the molecule is Cc1ccc(-c2csc(NC(=O)C[C@H](NS(=O)(=O)c3ccc(C)cc3)c3ccccc3)n2)cc1. The molecule has 0 saturated carbocycles. The van der Waals surface area contributed by atoms with Gasteiger partial charge in [-0.3, -0.25) is 4.79 Å².